The average Bonchev–Trinajstić information content (AvgIpc) is 3.27. The number of allylic oxidation sites excluding steroid dienone is 12. The Labute approximate surface area is 406 Å². The van der Waals surface area contributed by atoms with Gasteiger partial charge in [-0.3, -0.25) is 18.6 Å². The minimum absolute atomic E-state index is 0.0281. The van der Waals surface area contributed by atoms with Gasteiger partial charge in [0, 0.05) is 12.8 Å². The Bertz CT molecular complexity index is 1350. The van der Waals surface area contributed by atoms with Gasteiger partial charge in [-0.25, -0.2) is 4.57 Å². The number of esters is 2. The number of hydrogen-bond donors (Lipinski definition) is 1. The van der Waals surface area contributed by atoms with E-state index in [-0.39, 0.29) is 32.0 Å². The summed E-state index contributed by atoms with van der Waals surface area (Å²) in [6.45, 7) is 4.32. The van der Waals surface area contributed by atoms with Crippen molar-refractivity contribution in [2.24, 2.45) is 0 Å². The molecule has 0 radical (unpaired) electrons. The largest absolute Gasteiger partial charge is 0.472 e. The van der Waals surface area contributed by atoms with Crippen LogP contribution in [-0.2, 0) is 32.7 Å². The zero-order chi connectivity index (χ0) is 48.5. The Balaban J connectivity index is 4.23. The summed E-state index contributed by atoms with van der Waals surface area (Å²) >= 11 is 0. The van der Waals surface area contributed by atoms with E-state index in [4.69, 9.17) is 18.5 Å². The highest BCUT2D eigenvalue weighted by atomic mass is 31.2. The maximum atomic E-state index is 12.8. The molecule has 0 aliphatic carbocycles. The van der Waals surface area contributed by atoms with Gasteiger partial charge in [0.15, 0.2) is 6.10 Å². The predicted molar refractivity (Wildman–Crippen MR) is 279 cm³/mol. The Morgan fingerprint density at radius 3 is 1.29 bits per heavy atom. The number of carbonyl (C=O) groups is 2. The molecule has 0 amide bonds. The summed E-state index contributed by atoms with van der Waals surface area (Å²) < 4.78 is 34.5. The number of rotatable bonds is 48. The van der Waals surface area contributed by atoms with E-state index in [1.165, 1.54) is 103 Å². The van der Waals surface area contributed by atoms with Crippen molar-refractivity contribution in [3.8, 4) is 0 Å². The van der Waals surface area contributed by atoms with Gasteiger partial charge >= 0.3 is 19.8 Å². The molecular weight excluding hydrogens is 846 g/mol. The third kappa shape index (κ3) is 50.9. The summed E-state index contributed by atoms with van der Waals surface area (Å²) in [5, 5.41) is 0. The minimum atomic E-state index is -4.39. The highest BCUT2D eigenvalue weighted by molar-refractivity contribution is 7.47. The van der Waals surface area contributed by atoms with Crippen LogP contribution in [0.4, 0.5) is 0 Å². The van der Waals surface area contributed by atoms with Gasteiger partial charge < -0.3 is 18.9 Å². The first-order chi connectivity index (χ1) is 32.0. The van der Waals surface area contributed by atoms with Crippen LogP contribution < -0.4 is 0 Å². The Morgan fingerprint density at radius 2 is 0.864 bits per heavy atom. The number of hydrogen-bond acceptors (Lipinski definition) is 7. The summed E-state index contributed by atoms with van der Waals surface area (Å²) in [7, 11) is 1.47. The predicted octanol–water partition coefficient (Wildman–Crippen LogP) is 16.1. The van der Waals surface area contributed by atoms with Gasteiger partial charge in [-0.15, -0.1) is 0 Å². The van der Waals surface area contributed by atoms with Crippen LogP contribution in [0.25, 0.3) is 0 Å². The molecule has 0 aromatic rings. The van der Waals surface area contributed by atoms with Gasteiger partial charge in [-0.2, -0.15) is 0 Å². The summed E-state index contributed by atoms with van der Waals surface area (Å²) in [6, 6.07) is 0. The van der Waals surface area contributed by atoms with E-state index < -0.39 is 26.5 Å². The first kappa shape index (κ1) is 63.5. The number of carbonyl (C=O) groups excluding carboxylic acids is 2. The molecule has 0 fully saturated rings. The van der Waals surface area contributed by atoms with E-state index in [9.17, 15) is 19.0 Å². The molecule has 2 unspecified atom stereocenters. The third-order valence-corrected chi connectivity index (χ3v) is 12.2. The smallest absolute Gasteiger partial charge is 0.462 e. The molecule has 0 bridgehead atoms. The number of unbranched alkanes of at least 4 members (excludes halogenated alkanes) is 22. The summed E-state index contributed by atoms with van der Waals surface area (Å²) in [5.74, 6) is -0.805. The van der Waals surface area contributed by atoms with E-state index >= 15 is 0 Å². The van der Waals surface area contributed by atoms with Crippen LogP contribution in [0.15, 0.2) is 72.9 Å². The van der Waals surface area contributed by atoms with Crippen molar-refractivity contribution in [3.63, 3.8) is 0 Å². The van der Waals surface area contributed by atoms with Crippen molar-refractivity contribution in [3.05, 3.63) is 72.9 Å². The maximum Gasteiger partial charge on any atom is 0.472 e. The van der Waals surface area contributed by atoms with Gasteiger partial charge in [0.2, 0.25) is 0 Å². The van der Waals surface area contributed by atoms with Crippen LogP contribution in [0.2, 0.25) is 0 Å². The van der Waals surface area contributed by atoms with Crippen molar-refractivity contribution >= 4 is 19.8 Å². The zero-order valence-electron chi connectivity index (χ0n) is 43.2. The highest BCUT2D eigenvalue weighted by Crippen LogP contribution is 2.43. The Kier molecular flexibility index (Phi) is 45.7. The second kappa shape index (κ2) is 47.5. The highest BCUT2D eigenvalue weighted by Gasteiger charge is 2.27. The van der Waals surface area contributed by atoms with Crippen molar-refractivity contribution in [2.75, 3.05) is 47.5 Å². The quantitative estimate of drug-likeness (QED) is 0.0211. The van der Waals surface area contributed by atoms with Crippen LogP contribution in [0.3, 0.4) is 0 Å². The topological polar surface area (TPSA) is 108 Å². The second-order valence-electron chi connectivity index (χ2n) is 18.9. The lowest BCUT2D eigenvalue weighted by Crippen LogP contribution is -2.37. The van der Waals surface area contributed by atoms with E-state index in [0.717, 1.165) is 83.5 Å². The van der Waals surface area contributed by atoms with Crippen LogP contribution >= 0.6 is 7.82 Å². The molecule has 0 aromatic heterocycles. The summed E-state index contributed by atoms with van der Waals surface area (Å²) in [5.41, 5.74) is 0. The number of phosphoric acid groups is 1. The maximum absolute atomic E-state index is 12.8. The zero-order valence-corrected chi connectivity index (χ0v) is 44.1. The fraction of sp³-hybridized carbons (Fsp3) is 0.750. The molecule has 0 heterocycles. The molecule has 2 atom stereocenters. The van der Waals surface area contributed by atoms with Crippen molar-refractivity contribution in [1.82, 2.24) is 0 Å². The minimum Gasteiger partial charge on any atom is -0.462 e. The molecule has 0 rings (SSSR count). The van der Waals surface area contributed by atoms with Gasteiger partial charge in [0.05, 0.1) is 27.7 Å². The van der Waals surface area contributed by atoms with E-state index in [0.29, 0.717) is 17.4 Å². The molecule has 0 aliphatic rings. The molecule has 9 nitrogen and oxygen atoms in total. The fourth-order valence-electron chi connectivity index (χ4n) is 7.14. The molecule has 10 heteroatoms. The van der Waals surface area contributed by atoms with Crippen LogP contribution in [0.1, 0.15) is 219 Å². The van der Waals surface area contributed by atoms with Gasteiger partial charge in [-0.1, -0.05) is 215 Å². The van der Waals surface area contributed by atoms with E-state index in [1.54, 1.807) is 0 Å². The van der Waals surface area contributed by atoms with Crippen molar-refractivity contribution in [2.45, 2.75) is 225 Å². The Morgan fingerprint density at radius 1 is 0.485 bits per heavy atom. The first-order valence-electron chi connectivity index (χ1n) is 26.7. The number of nitrogens with zero attached hydrogens (tertiary/aromatic N) is 1. The van der Waals surface area contributed by atoms with Crippen LogP contribution in [0, 0.1) is 0 Å². The second-order valence-corrected chi connectivity index (χ2v) is 20.3. The molecular formula is C56H101NO8P+. The first-order valence-corrected chi connectivity index (χ1v) is 28.2. The molecule has 0 saturated heterocycles. The third-order valence-electron chi connectivity index (χ3n) is 11.3. The molecule has 0 saturated carbocycles. The lowest BCUT2D eigenvalue weighted by molar-refractivity contribution is -0.870. The van der Waals surface area contributed by atoms with Gasteiger partial charge in [-0.05, 0) is 64.2 Å². The lowest BCUT2D eigenvalue weighted by atomic mass is 10.0. The van der Waals surface area contributed by atoms with Crippen LogP contribution in [-0.4, -0.2) is 74.9 Å². The summed E-state index contributed by atoms with van der Waals surface area (Å²) in [6.07, 6.45) is 60.9. The standard InChI is InChI=1S/C56H100NO8P/c1-6-8-10-12-14-16-18-20-22-23-24-25-26-27-28-29-30-31-32-33-35-37-39-41-43-45-47-49-56(59)65-54(53-64-66(60,61)63-51-50-57(3,4)5)52-62-55(58)48-46-44-42-40-38-36-34-21-19-17-15-13-11-9-7-2/h8,10,14,16,20,22,24-25,27-28,30-31,54H,6-7,9,11-13,15,17-19,21,23,26,29,32-53H2,1-5H3/p+1/b10-8-,16-14-,22-20-,25-24-,28-27-,31-30-. The van der Waals surface area contributed by atoms with Crippen LogP contribution in [0.5, 0.6) is 0 Å². The molecule has 0 spiro atoms. The molecule has 66 heavy (non-hydrogen) atoms. The fourth-order valence-corrected chi connectivity index (χ4v) is 7.88. The average molecular weight is 947 g/mol. The monoisotopic (exact) mass is 947 g/mol. The van der Waals surface area contributed by atoms with E-state index in [2.05, 4.69) is 86.8 Å². The number of ether oxygens (including phenoxy) is 2. The number of likely N-dealkylation sites (N-methyl/N-ethyl adjacent to an activating group) is 1. The Hall–Kier alpha value is -2.55. The normalized spacial score (nSPS) is 14.0. The van der Waals surface area contributed by atoms with Crippen molar-refractivity contribution in [1.29, 1.82) is 0 Å². The van der Waals surface area contributed by atoms with Crippen molar-refractivity contribution < 1.29 is 42.1 Å². The molecule has 0 aromatic carbocycles. The van der Waals surface area contributed by atoms with Gasteiger partial charge in [0.1, 0.15) is 19.8 Å². The molecule has 0 aliphatic heterocycles. The lowest BCUT2D eigenvalue weighted by Gasteiger charge is -2.24. The number of phosphoric ester groups is 1. The SMILES string of the molecule is CC/C=C\C/C=C\C/C=C\C/C=C\C/C=C\C/C=C\CCCCCCCCCCC(=O)OC(COC(=O)CCCCCCCCCCCCCCCCC)COP(=O)(O)OCC[N+](C)(C)C. The van der Waals surface area contributed by atoms with E-state index in [1.807, 2.05) is 21.1 Å². The summed E-state index contributed by atoms with van der Waals surface area (Å²) in [4.78, 5) is 35.6. The van der Waals surface area contributed by atoms with Gasteiger partial charge in [0.25, 0.3) is 0 Å². The molecule has 382 valence electrons. The molecule has 1 N–H and O–H groups in total. The number of quaternary nitrogens is 1.